The molecule has 0 radical (unpaired) electrons. The van der Waals surface area contributed by atoms with E-state index in [-0.39, 0.29) is 6.42 Å². The molecule has 0 heterocycles. The zero-order valence-corrected chi connectivity index (χ0v) is 12.1. The van der Waals surface area contributed by atoms with Crippen LogP contribution in [0.4, 0.5) is 8.78 Å². The zero-order valence-electron chi connectivity index (χ0n) is 12.1. The molecule has 0 aliphatic heterocycles. The van der Waals surface area contributed by atoms with Crippen molar-refractivity contribution < 1.29 is 13.9 Å². The Balaban J connectivity index is 2.40. The molecule has 0 spiro atoms. The lowest BCUT2D eigenvalue weighted by atomic mass is 9.59. The van der Waals surface area contributed by atoms with Gasteiger partial charge in [-0.15, -0.1) is 0 Å². The highest BCUT2D eigenvalue weighted by molar-refractivity contribution is 5.23. The van der Waals surface area contributed by atoms with Gasteiger partial charge in [0.05, 0.1) is 6.10 Å². The lowest BCUT2D eigenvalue weighted by Gasteiger charge is -2.50. The smallest absolute Gasteiger partial charge is 0.126 e. The van der Waals surface area contributed by atoms with E-state index in [2.05, 4.69) is 0 Å². The predicted octanol–water partition coefficient (Wildman–Crippen LogP) is 3.17. The first kappa shape index (κ1) is 15.4. The van der Waals surface area contributed by atoms with Crippen LogP contribution in [-0.2, 0) is 6.42 Å². The Morgan fingerprint density at radius 1 is 1.35 bits per heavy atom. The molecule has 2 rings (SSSR count). The van der Waals surface area contributed by atoms with Crippen LogP contribution in [0.5, 0.6) is 0 Å². The molecule has 2 nitrogen and oxygen atoms in total. The highest BCUT2D eigenvalue weighted by Gasteiger charge is 2.49. The van der Waals surface area contributed by atoms with Crippen molar-refractivity contribution >= 4 is 0 Å². The molecule has 1 aliphatic carbocycles. The second-order valence-electron chi connectivity index (χ2n) is 6.55. The summed E-state index contributed by atoms with van der Waals surface area (Å²) < 4.78 is 27.3. The summed E-state index contributed by atoms with van der Waals surface area (Å²) in [7, 11) is 0. The van der Waals surface area contributed by atoms with E-state index < -0.39 is 28.7 Å². The van der Waals surface area contributed by atoms with E-state index in [0.29, 0.717) is 12.0 Å². The molecule has 1 aromatic carbocycles. The fourth-order valence-electron chi connectivity index (χ4n) is 3.43. The molecule has 0 unspecified atom stereocenters. The van der Waals surface area contributed by atoms with Crippen molar-refractivity contribution in [2.45, 2.75) is 57.6 Å². The summed E-state index contributed by atoms with van der Waals surface area (Å²) in [6, 6.07) is 3.46. The molecule has 1 aliphatic rings. The van der Waals surface area contributed by atoms with Crippen molar-refractivity contribution in [1.29, 1.82) is 0 Å². The maximum atomic E-state index is 13.9. The van der Waals surface area contributed by atoms with E-state index in [0.717, 1.165) is 31.4 Å². The van der Waals surface area contributed by atoms with E-state index in [1.54, 1.807) is 0 Å². The van der Waals surface area contributed by atoms with E-state index in [9.17, 15) is 13.9 Å². The Bertz CT molecular complexity index is 484. The maximum Gasteiger partial charge on any atom is 0.126 e. The Kier molecular flexibility index (Phi) is 4.17. The molecule has 0 bridgehead atoms. The van der Waals surface area contributed by atoms with Gasteiger partial charge in [0.1, 0.15) is 11.6 Å². The number of nitrogens with two attached hydrogens (primary N) is 1. The SMILES string of the molecule is CC(C)(N)[C@]1(Cc2cc(F)ccc2F)CCCC[C@@H]1O. The van der Waals surface area contributed by atoms with Crippen LogP contribution in [0.25, 0.3) is 0 Å². The van der Waals surface area contributed by atoms with Crippen molar-refractivity contribution in [2.24, 2.45) is 11.1 Å². The summed E-state index contributed by atoms with van der Waals surface area (Å²) in [6.45, 7) is 3.72. The first-order valence-corrected chi connectivity index (χ1v) is 7.17. The minimum atomic E-state index is -0.661. The molecule has 20 heavy (non-hydrogen) atoms. The van der Waals surface area contributed by atoms with Gasteiger partial charge in [0.25, 0.3) is 0 Å². The third-order valence-electron chi connectivity index (χ3n) is 4.79. The first-order chi connectivity index (χ1) is 9.26. The molecule has 112 valence electrons. The molecule has 3 N–H and O–H groups in total. The Hall–Kier alpha value is -1.00. The minimum Gasteiger partial charge on any atom is -0.392 e. The Morgan fingerprint density at radius 3 is 2.65 bits per heavy atom. The molecule has 1 fully saturated rings. The summed E-state index contributed by atoms with van der Waals surface area (Å²) in [6.07, 6.45) is 2.98. The second-order valence-corrected chi connectivity index (χ2v) is 6.55. The highest BCUT2D eigenvalue weighted by Crippen LogP contribution is 2.46. The lowest BCUT2D eigenvalue weighted by molar-refractivity contribution is -0.0556. The fraction of sp³-hybridized carbons (Fsp3) is 0.625. The van der Waals surface area contributed by atoms with Crippen molar-refractivity contribution in [3.8, 4) is 0 Å². The number of rotatable bonds is 3. The average molecular weight is 283 g/mol. The highest BCUT2D eigenvalue weighted by atomic mass is 19.1. The third-order valence-corrected chi connectivity index (χ3v) is 4.79. The van der Waals surface area contributed by atoms with E-state index in [1.165, 1.54) is 6.07 Å². The van der Waals surface area contributed by atoms with Crippen LogP contribution in [0.3, 0.4) is 0 Å². The summed E-state index contributed by atoms with van der Waals surface area (Å²) in [5.41, 5.74) is 5.32. The van der Waals surface area contributed by atoms with Crippen LogP contribution in [0.1, 0.15) is 45.1 Å². The molecule has 4 heteroatoms. The van der Waals surface area contributed by atoms with Crippen LogP contribution < -0.4 is 5.73 Å². The number of benzene rings is 1. The first-order valence-electron chi connectivity index (χ1n) is 7.17. The van der Waals surface area contributed by atoms with Gasteiger partial charge in [0, 0.05) is 11.0 Å². The van der Waals surface area contributed by atoms with Gasteiger partial charge in [-0.05, 0) is 56.9 Å². The van der Waals surface area contributed by atoms with Crippen molar-refractivity contribution in [3.05, 3.63) is 35.4 Å². The quantitative estimate of drug-likeness (QED) is 0.895. The lowest BCUT2D eigenvalue weighted by Crippen LogP contribution is -2.59. The van der Waals surface area contributed by atoms with E-state index in [4.69, 9.17) is 5.73 Å². The predicted molar refractivity (Wildman–Crippen MR) is 75.2 cm³/mol. The van der Waals surface area contributed by atoms with Crippen LogP contribution >= 0.6 is 0 Å². The van der Waals surface area contributed by atoms with Crippen molar-refractivity contribution in [1.82, 2.24) is 0 Å². The van der Waals surface area contributed by atoms with Crippen LogP contribution in [-0.4, -0.2) is 16.7 Å². The maximum absolute atomic E-state index is 13.9. The van der Waals surface area contributed by atoms with Gasteiger partial charge in [-0.3, -0.25) is 0 Å². The zero-order chi connectivity index (χ0) is 15.0. The molecular formula is C16H23F2NO. The minimum absolute atomic E-state index is 0.265. The molecule has 0 saturated heterocycles. The largest absolute Gasteiger partial charge is 0.392 e. The van der Waals surface area contributed by atoms with Gasteiger partial charge in [-0.1, -0.05) is 12.8 Å². The molecule has 0 aromatic heterocycles. The molecule has 1 aromatic rings. The number of halogens is 2. The number of aliphatic hydroxyl groups excluding tert-OH is 1. The monoisotopic (exact) mass is 283 g/mol. The number of hydrogen-bond acceptors (Lipinski definition) is 2. The van der Waals surface area contributed by atoms with Gasteiger partial charge in [0.2, 0.25) is 0 Å². The van der Waals surface area contributed by atoms with Crippen LogP contribution in [0, 0.1) is 17.0 Å². The molecule has 2 atom stereocenters. The second kappa shape index (κ2) is 5.41. The summed E-state index contributed by atoms with van der Waals surface area (Å²) >= 11 is 0. The van der Waals surface area contributed by atoms with Crippen LogP contribution in [0.2, 0.25) is 0 Å². The van der Waals surface area contributed by atoms with Gasteiger partial charge in [-0.25, -0.2) is 8.78 Å². The number of hydrogen-bond donors (Lipinski definition) is 2. The third kappa shape index (κ3) is 2.72. The van der Waals surface area contributed by atoms with Crippen molar-refractivity contribution in [3.63, 3.8) is 0 Å². The molecular weight excluding hydrogens is 260 g/mol. The molecule has 1 saturated carbocycles. The normalized spacial score (nSPS) is 27.6. The Labute approximate surface area is 119 Å². The number of aliphatic hydroxyl groups is 1. The summed E-state index contributed by atoms with van der Waals surface area (Å²) in [5, 5.41) is 10.5. The Morgan fingerprint density at radius 2 is 2.05 bits per heavy atom. The van der Waals surface area contributed by atoms with Gasteiger partial charge >= 0.3 is 0 Å². The topological polar surface area (TPSA) is 46.2 Å². The van der Waals surface area contributed by atoms with E-state index in [1.807, 2.05) is 13.8 Å². The average Bonchev–Trinajstić information content (AvgIpc) is 2.35. The summed E-state index contributed by atoms with van der Waals surface area (Å²) in [4.78, 5) is 0. The van der Waals surface area contributed by atoms with Gasteiger partial charge in [-0.2, -0.15) is 0 Å². The summed E-state index contributed by atoms with van der Waals surface area (Å²) in [5.74, 6) is -0.899. The van der Waals surface area contributed by atoms with Crippen LogP contribution in [0.15, 0.2) is 18.2 Å². The van der Waals surface area contributed by atoms with Crippen molar-refractivity contribution in [2.75, 3.05) is 0 Å². The van der Waals surface area contributed by atoms with Gasteiger partial charge in [0.15, 0.2) is 0 Å². The molecule has 0 amide bonds. The van der Waals surface area contributed by atoms with E-state index >= 15 is 0 Å². The van der Waals surface area contributed by atoms with Gasteiger partial charge < -0.3 is 10.8 Å². The fourth-order valence-corrected chi connectivity index (χ4v) is 3.43. The standard InChI is InChI=1S/C16H23F2NO/c1-15(2,19)16(8-4-3-5-14(16)20)10-11-9-12(17)6-7-13(11)18/h6-7,9,14,20H,3-5,8,10,19H2,1-2H3/t14-,16-/m0/s1.